The largest absolute Gasteiger partial charge is 0.330 e. The van der Waals surface area contributed by atoms with Gasteiger partial charge in [-0.2, -0.15) is 0 Å². The highest BCUT2D eigenvalue weighted by atomic mass is 32.1. The average Bonchev–Trinajstić information content (AvgIpc) is 2.82. The van der Waals surface area contributed by atoms with E-state index in [1.165, 1.54) is 10.9 Å². The summed E-state index contributed by atoms with van der Waals surface area (Å²) in [5.74, 6) is -0.169. The van der Waals surface area contributed by atoms with Crippen LogP contribution in [0, 0.1) is 5.82 Å². The van der Waals surface area contributed by atoms with E-state index in [-0.39, 0.29) is 11.2 Å². The number of hydrogen-bond acceptors (Lipinski definition) is 2. The number of nitrogens with two attached hydrogens (primary N) is 1. The Morgan fingerprint density at radius 2 is 2.00 bits per heavy atom. The Morgan fingerprint density at radius 3 is 2.59 bits per heavy atom. The summed E-state index contributed by atoms with van der Waals surface area (Å²) >= 11 is 1.69. The second kappa shape index (κ2) is 4.98. The smallest absolute Gasteiger partial charge is 0.127 e. The standard InChI is InChI=1S/C14H16FNS/c1-14(10-16,9-11-5-4-8-17-11)12-6-2-3-7-13(12)15/h2-8H,9-10,16H2,1H3. The lowest BCUT2D eigenvalue weighted by Crippen LogP contribution is -2.34. The highest BCUT2D eigenvalue weighted by molar-refractivity contribution is 7.09. The first kappa shape index (κ1) is 12.3. The molecule has 0 bridgehead atoms. The van der Waals surface area contributed by atoms with Crippen molar-refractivity contribution < 1.29 is 4.39 Å². The van der Waals surface area contributed by atoms with E-state index >= 15 is 0 Å². The first-order chi connectivity index (χ1) is 8.15. The zero-order valence-corrected chi connectivity index (χ0v) is 10.6. The molecule has 2 aromatic rings. The van der Waals surface area contributed by atoms with Crippen LogP contribution in [0.25, 0.3) is 0 Å². The van der Waals surface area contributed by atoms with Crippen LogP contribution < -0.4 is 5.73 Å². The van der Waals surface area contributed by atoms with E-state index in [1.807, 2.05) is 30.5 Å². The number of thiophene rings is 1. The molecule has 0 aliphatic heterocycles. The van der Waals surface area contributed by atoms with E-state index in [0.717, 1.165) is 6.42 Å². The zero-order chi connectivity index (χ0) is 12.3. The minimum absolute atomic E-state index is 0.169. The summed E-state index contributed by atoms with van der Waals surface area (Å²) in [4.78, 5) is 1.24. The van der Waals surface area contributed by atoms with Gasteiger partial charge in [-0.1, -0.05) is 31.2 Å². The van der Waals surface area contributed by atoms with Gasteiger partial charge in [-0.25, -0.2) is 4.39 Å². The van der Waals surface area contributed by atoms with Gasteiger partial charge < -0.3 is 5.73 Å². The van der Waals surface area contributed by atoms with Crippen LogP contribution in [-0.2, 0) is 11.8 Å². The van der Waals surface area contributed by atoms with Crippen molar-refractivity contribution in [3.8, 4) is 0 Å². The van der Waals surface area contributed by atoms with Gasteiger partial charge >= 0.3 is 0 Å². The van der Waals surface area contributed by atoms with Gasteiger partial charge in [0.1, 0.15) is 5.82 Å². The van der Waals surface area contributed by atoms with Gasteiger partial charge in [-0.15, -0.1) is 11.3 Å². The lowest BCUT2D eigenvalue weighted by molar-refractivity contribution is 0.453. The van der Waals surface area contributed by atoms with Crippen LogP contribution in [0.4, 0.5) is 4.39 Å². The van der Waals surface area contributed by atoms with Crippen molar-refractivity contribution in [2.24, 2.45) is 5.73 Å². The van der Waals surface area contributed by atoms with Crippen molar-refractivity contribution in [2.75, 3.05) is 6.54 Å². The fourth-order valence-electron chi connectivity index (χ4n) is 2.03. The Labute approximate surface area is 105 Å². The molecule has 1 unspecified atom stereocenters. The van der Waals surface area contributed by atoms with Crippen LogP contribution in [0.15, 0.2) is 41.8 Å². The normalized spacial score (nSPS) is 14.5. The molecule has 0 fully saturated rings. The molecule has 1 heterocycles. The summed E-state index contributed by atoms with van der Waals surface area (Å²) in [5, 5.41) is 2.04. The van der Waals surface area contributed by atoms with Gasteiger partial charge in [-0.3, -0.25) is 0 Å². The monoisotopic (exact) mass is 249 g/mol. The van der Waals surface area contributed by atoms with E-state index in [0.29, 0.717) is 12.1 Å². The topological polar surface area (TPSA) is 26.0 Å². The maximum absolute atomic E-state index is 13.8. The van der Waals surface area contributed by atoms with Crippen LogP contribution >= 0.6 is 11.3 Å². The van der Waals surface area contributed by atoms with E-state index in [4.69, 9.17) is 5.73 Å². The van der Waals surface area contributed by atoms with Crippen molar-refractivity contribution in [2.45, 2.75) is 18.8 Å². The Hall–Kier alpha value is -1.19. The third-order valence-corrected chi connectivity index (χ3v) is 4.00. The summed E-state index contributed by atoms with van der Waals surface area (Å²) in [6.45, 7) is 2.46. The maximum atomic E-state index is 13.8. The van der Waals surface area contributed by atoms with E-state index in [1.54, 1.807) is 17.4 Å². The molecule has 17 heavy (non-hydrogen) atoms. The fraction of sp³-hybridized carbons (Fsp3) is 0.286. The average molecular weight is 249 g/mol. The molecule has 0 aliphatic carbocycles. The number of halogens is 1. The van der Waals surface area contributed by atoms with Crippen molar-refractivity contribution in [3.63, 3.8) is 0 Å². The molecule has 90 valence electrons. The second-order valence-corrected chi connectivity index (χ2v) is 5.53. The Kier molecular flexibility index (Phi) is 3.60. The molecule has 2 rings (SSSR count). The van der Waals surface area contributed by atoms with Crippen molar-refractivity contribution in [1.29, 1.82) is 0 Å². The lowest BCUT2D eigenvalue weighted by atomic mass is 9.79. The summed E-state index contributed by atoms with van der Waals surface area (Å²) in [6, 6.07) is 11.0. The molecule has 1 aromatic heterocycles. The molecule has 0 aliphatic rings. The van der Waals surface area contributed by atoms with Crippen molar-refractivity contribution >= 4 is 11.3 Å². The van der Waals surface area contributed by atoms with Crippen molar-refractivity contribution in [1.82, 2.24) is 0 Å². The number of benzene rings is 1. The maximum Gasteiger partial charge on any atom is 0.127 e. The third-order valence-electron chi connectivity index (χ3n) is 3.12. The van der Waals surface area contributed by atoms with Gasteiger partial charge in [0.05, 0.1) is 0 Å². The first-order valence-electron chi connectivity index (χ1n) is 5.63. The van der Waals surface area contributed by atoms with Gasteiger partial charge in [-0.05, 0) is 29.5 Å². The van der Waals surface area contributed by atoms with Gasteiger partial charge in [0.2, 0.25) is 0 Å². The predicted octanol–water partition coefficient (Wildman–Crippen LogP) is 3.35. The summed E-state index contributed by atoms with van der Waals surface area (Å²) in [5.41, 5.74) is 6.23. The Bertz CT molecular complexity index is 481. The van der Waals surface area contributed by atoms with Crippen LogP contribution in [0.2, 0.25) is 0 Å². The molecule has 1 aromatic carbocycles. The minimum Gasteiger partial charge on any atom is -0.330 e. The summed E-state index contributed by atoms with van der Waals surface area (Å²) < 4.78 is 13.8. The highest BCUT2D eigenvalue weighted by Crippen LogP contribution is 2.30. The van der Waals surface area contributed by atoms with E-state index < -0.39 is 0 Å². The summed E-state index contributed by atoms with van der Waals surface area (Å²) in [6.07, 6.45) is 0.780. The van der Waals surface area contributed by atoms with Crippen molar-refractivity contribution in [3.05, 3.63) is 58.0 Å². The van der Waals surface area contributed by atoms with Gasteiger partial charge in [0, 0.05) is 16.8 Å². The third kappa shape index (κ3) is 2.56. The quantitative estimate of drug-likeness (QED) is 0.883. The minimum atomic E-state index is -0.337. The summed E-state index contributed by atoms with van der Waals surface area (Å²) in [7, 11) is 0. The van der Waals surface area contributed by atoms with Gasteiger partial charge in [0.25, 0.3) is 0 Å². The Morgan fingerprint density at radius 1 is 1.24 bits per heavy atom. The zero-order valence-electron chi connectivity index (χ0n) is 9.82. The molecule has 0 saturated carbocycles. The second-order valence-electron chi connectivity index (χ2n) is 4.50. The molecular weight excluding hydrogens is 233 g/mol. The molecule has 1 atom stereocenters. The molecule has 0 amide bonds. The molecular formula is C14H16FNS. The number of hydrogen-bond donors (Lipinski definition) is 1. The van der Waals surface area contributed by atoms with Crippen LogP contribution in [0.1, 0.15) is 17.4 Å². The van der Waals surface area contributed by atoms with Crippen LogP contribution in [0.5, 0.6) is 0 Å². The van der Waals surface area contributed by atoms with Crippen LogP contribution in [0.3, 0.4) is 0 Å². The molecule has 0 radical (unpaired) electrons. The number of rotatable bonds is 4. The highest BCUT2D eigenvalue weighted by Gasteiger charge is 2.28. The molecule has 0 spiro atoms. The SMILES string of the molecule is CC(CN)(Cc1cccs1)c1ccccc1F. The van der Waals surface area contributed by atoms with Gasteiger partial charge in [0.15, 0.2) is 0 Å². The predicted molar refractivity (Wildman–Crippen MR) is 70.8 cm³/mol. The Balaban J connectivity index is 2.34. The molecule has 0 saturated heterocycles. The van der Waals surface area contributed by atoms with E-state index in [2.05, 4.69) is 6.07 Å². The van der Waals surface area contributed by atoms with E-state index in [9.17, 15) is 4.39 Å². The lowest BCUT2D eigenvalue weighted by Gasteiger charge is -2.28. The van der Waals surface area contributed by atoms with Crippen LogP contribution in [-0.4, -0.2) is 6.54 Å². The molecule has 3 heteroatoms. The fourth-order valence-corrected chi connectivity index (χ4v) is 2.92. The first-order valence-corrected chi connectivity index (χ1v) is 6.51. The molecule has 2 N–H and O–H groups in total. The molecule has 1 nitrogen and oxygen atoms in total.